The molecule has 1 aliphatic heterocycles. The summed E-state index contributed by atoms with van der Waals surface area (Å²) in [5, 5.41) is 0. The van der Waals surface area contributed by atoms with Crippen molar-refractivity contribution in [1.82, 2.24) is 0 Å². The molecule has 0 saturated carbocycles. The Balaban J connectivity index is 1.75. The smallest absolute Gasteiger partial charge is 0.407 e. The van der Waals surface area contributed by atoms with Crippen LogP contribution in [0.25, 0.3) is 0 Å². The van der Waals surface area contributed by atoms with Gasteiger partial charge in [0.1, 0.15) is 0 Å². The topological polar surface area (TPSA) is 30.8 Å². The van der Waals surface area contributed by atoms with Crippen LogP contribution >= 0.6 is 0 Å². The monoisotopic (exact) mass is 265 g/mol. The second-order valence-electron chi connectivity index (χ2n) is 4.69. The molecule has 3 rings (SSSR count). The highest BCUT2D eigenvalue weighted by Gasteiger charge is 2.24. The maximum Gasteiger partial charge on any atom is 0.493 e. The van der Waals surface area contributed by atoms with Crippen molar-refractivity contribution < 1.29 is 9.31 Å². The molecule has 0 bridgehead atoms. The zero-order valence-electron chi connectivity index (χ0n) is 11.2. The van der Waals surface area contributed by atoms with Crippen molar-refractivity contribution in [3.63, 3.8) is 0 Å². The molecular formula is C16H16BNO2. The van der Waals surface area contributed by atoms with Gasteiger partial charge in [-0.15, -0.1) is 0 Å². The standard InChI is InChI=1S/C16H16BNO2/c1-2-6-14(7-3-1)13-18-16-9-4-8-15(12-16)17-19-10-5-11-20-17/h1-4,6-9,12-13H,5,10-11H2. The molecule has 100 valence electrons. The van der Waals surface area contributed by atoms with Gasteiger partial charge in [-0.05, 0) is 29.6 Å². The number of hydrogen-bond donors (Lipinski definition) is 0. The molecule has 20 heavy (non-hydrogen) atoms. The van der Waals surface area contributed by atoms with Crippen LogP contribution in [0.3, 0.4) is 0 Å². The van der Waals surface area contributed by atoms with E-state index in [4.69, 9.17) is 9.31 Å². The summed E-state index contributed by atoms with van der Waals surface area (Å²) < 4.78 is 11.2. The Labute approximate surface area is 119 Å². The maximum absolute atomic E-state index is 5.61. The first kappa shape index (κ1) is 13.1. The molecule has 0 spiro atoms. The molecule has 0 aromatic heterocycles. The van der Waals surface area contributed by atoms with E-state index in [-0.39, 0.29) is 7.12 Å². The van der Waals surface area contributed by atoms with E-state index in [1.54, 1.807) is 0 Å². The zero-order valence-corrected chi connectivity index (χ0v) is 11.2. The average molecular weight is 265 g/mol. The third-order valence-corrected chi connectivity index (χ3v) is 3.13. The van der Waals surface area contributed by atoms with Gasteiger partial charge >= 0.3 is 7.12 Å². The number of nitrogens with zero attached hydrogens (tertiary/aromatic N) is 1. The molecule has 1 heterocycles. The van der Waals surface area contributed by atoms with Crippen molar-refractivity contribution in [3.8, 4) is 0 Å². The predicted molar refractivity (Wildman–Crippen MR) is 82.0 cm³/mol. The Kier molecular flexibility index (Phi) is 4.26. The molecule has 4 heteroatoms. The Morgan fingerprint density at radius 3 is 2.55 bits per heavy atom. The van der Waals surface area contributed by atoms with E-state index in [9.17, 15) is 0 Å². The van der Waals surface area contributed by atoms with E-state index in [1.165, 1.54) is 0 Å². The number of hydrogen-bond acceptors (Lipinski definition) is 3. The lowest BCUT2D eigenvalue weighted by Gasteiger charge is -2.19. The highest BCUT2D eigenvalue weighted by atomic mass is 16.6. The predicted octanol–water partition coefficient (Wildman–Crippen LogP) is 2.57. The second-order valence-corrected chi connectivity index (χ2v) is 4.69. The van der Waals surface area contributed by atoms with Crippen LogP contribution < -0.4 is 5.46 Å². The van der Waals surface area contributed by atoms with Crippen molar-refractivity contribution in [2.24, 2.45) is 4.99 Å². The normalized spacial score (nSPS) is 15.7. The minimum atomic E-state index is -0.254. The summed E-state index contributed by atoms with van der Waals surface area (Å²) in [6, 6.07) is 18.0. The van der Waals surface area contributed by atoms with E-state index in [0.29, 0.717) is 0 Å². The van der Waals surface area contributed by atoms with Crippen LogP contribution in [0.1, 0.15) is 12.0 Å². The van der Waals surface area contributed by atoms with Crippen LogP contribution in [0.2, 0.25) is 0 Å². The summed E-state index contributed by atoms with van der Waals surface area (Å²) in [5.74, 6) is 0. The molecule has 0 unspecified atom stereocenters. The van der Waals surface area contributed by atoms with Crippen LogP contribution in [-0.2, 0) is 9.31 Å². The SMILES string of the molecule is C(=Nc1cccc(B2OCCCO2)c1)c1ccccc1. The molecule has 2 aromatic rings. The molecule has 0 radical (unpaired) electrons. The van der Waals surface area contributed by atoms with Gasteiger partial charge in [0, 0.05) is 19.4 Å². The molecule has 0 aliphatic carbocycles. The van der Waals surface area contributed by atoms with Crippen LogP contribution in [-0.4, -0.2) is 26.5 Å². The van der Waals surface area contributed by atoms with Crippen LogP contribution in [0.15, 0.2) is 59.6 Å². The van der Waals surface area contributed by atoms with Gasteiger partial charge in [-0.25, -0.2) is 0 Å². The van der Waals surface area contributed by atoms with Gasteiger partial charge < -0.3 is 9.31 Å². The van der Waals surface area contributed by atoms with Crippen molar-refractivity contribution in [3.05, 3.63) is 60.2 Å². The van der Waals surface area contributed by atoms with Gasteiger partial charge in [0.15, 0.2) is 0 Å². The zero-order chi connectivity index (χ0) is 13.6. The highest BCUT2D eigenvalue weighted by molar-refractivity contribution is 6.61. The molecule has 0 amide bonds. The Morgan fingerprint density at radius 1 is 0.950 bits per heavy atom. The van der Waals surface area contributed by atoms with Crippen molar-refractivity contribution in [2.75, 3.05) is 13.2 Å². The minimum Gasteiger partial charge on any atom is -0.407 e. The molecular weight excluding hydrogens is 249 g/mol. The lowest BCUT2D eigenvalue weighted by molar-refractivity contribution is 0.143. The van der Waals surface area contributed by atoms with E-state index in [1.807, 2.05) is 60.8 Å². The first-order valence-corrected chi connectivity index (χ1v) is 6.84. The molecule has 1 saturated heterocycles. The number of aliphatic imine (C=N–C) groups is 1. The number of rotatable bonds is 3. The number of benzene rings is 2. The van der Waals surface area contributed by atoms with Gasteiger partial charge in [-0.1, -0.05) is 42.5 Å². The van der Waals surface area contributed by atoms with Gasteiger partial charge in [-0.2, -0.15) is 0 Å². The highest BCUT2D eigenvalue weighted by Crippen LogP contribution is 2.11. The summed E-state index contributed by atoms with van der Waals surface area (Å²) >= 11 is 0. The Hall–Kier alpha value is -1.91. The first-order valence-electron chi connectivity index (χ1n) is 6.84. The summed E-state index contributed by atoms with van der Waals surface area (Å²) in [4.78, 5) is 4.50. The molecule has 0 atom stereocenters. The van der Waals surface area contributed by atoms with E-state index < -0.39 is 0 Å². The van der Waals surface area contributed by atoms with Crippen LogP contribution in [0, 0.1) is 0 Å². The summed E-state index contributed by atoms with van der Waals surface area (Å²) in [6.07, 6.45) is 2.82. The molecule has 1 aliphatic rings. The van der Waals surface area contributed by atoms with Crippen molar-refractivity contribution in [1.29, 1.82) is 0 Å². The lowest BCUT2D eigenvalue weighted by atomic mass is 9.78. The van der Waals surface area contributed by atoms with Gasteiger partial charge in [0.05, 0.1) is 5.69 Å². The Bertz CT molecular complexity index is 580. The average Bonchev–Trinajstić information content (AvgIpc) is 2.55. The van der Waals surface area contributed by atoms with E-state index >= 15 is 0 Å². The van der Waals surface area contributed by atoms with Crippen LogP contribution in [0.4, 0.5) is 5.69 Å². The summed E-state index contributed by atoms with van der Waals surface area (Å²) in [5.41, 5.74) is 3.01. The summed E-state index contributed by atoms with van der Waals surface area (Å²) in [6.45, 7) is 1.50. The fraction of sp³-hybridized carbons (Fsp3) is 0.188. The van der Waals surface area contributed by atoms with Crippen LogP contribution in [0.5, 0.6) is 0 Å². The molecule has 1 fully saturated rings. The third kappa shape index (κ3) is 3.35. The first-order chi connectivity index (χ1) is 9.92. The molecule has 3 nitrogen and oxygen atoms in total. The molecule has 2 aromatic carbocycles. The fourth-order valence-corrected chi connectivity index (χ4v) is 2.12. The third-order valence-electron chi connectivity index (χ3n) is 3.13. The largest absolute Gasteiger partial charge is 0.493 e. The second kappa shape index (κ2) is 6.50. The van der Waals surface area contributed by atoms with Gasteiger partial charge in [-0.3, -0.25) is 4.99 Å². The molecule has 0 N–H and O–H groups in total. The minimum absolute atomic E-state index is 0.254. The van der Waals surface area contributed by atoms with Crippen molar-refractivity contribution >= 4 is 24.5 Å². The van der Waals surface area contributed by atoms with Crippen molar-refractivity contribution in [2.45, 2.75) is 6.42 Å². The quantitative estimate of drug-likeness (QED) is 0.630. The lowest BCUT2D eigenvalue weighted by Crippen LogP contribution is -2.40. The fourth-order valence-electron chi connectivity index (χ4n) is 2.12. The Morgan fingerprint density at radius 2 is 1.75 bits per heavy atom. The van der Waals surface area contributed by atoms with Gasteiger partial charge in [0.2, 0.25) is 0 Å². The van der Waals surface area contributed by atoms with Gasteiger partial charge in [0.25, 0.3) is 0 Å². The summed E-state index contributed by atoms with van der Waals surface area (Å²) in [7, 11) is -0.254. The van der Waals surface area contributed by atoms with E-state index in [2.05, 4.69) is 4.99 Å². The van der Waals surface area contributed by atoms with E-state index in [0.717, 1.165) is 36.3 Å². The maximum atomic E-state index is 5.61.